The van der Waals surface area contributed by atoms with Gasteiger partial charge in [-0.25, -0.2) is 0 Å². The summed E-state index contributed by atoms with van der Waals surface area (Å²) in [4.78, 5) is 11.0. The molecule has 0 bridgehead atoms. The van der Waals surface area contributed by atoms with Crippen molar-refractivity contribution in [2.24, 2.45) is 5.41 Å². The average Bonchev–Trinajstić information content (AvgIpc) is 2.08. The number of carbonyl (C=O) groups is 1. The van der Waals surface area contributed by atoms with Crippen molar-refractivity contribution in [2.45, 2.75) is 39.5 Å². The Morgan fingerprint density at radius 3 is 2.73 bits per heavy atom. The molecule has 0 N–H and O–H groups in total. The van der Waals surface area contributed by atoms with Crippen LogP contribution in [-0.4, -0.2) is 5.78 Å². The molecule has 1 rings (SSSR count). The molecule has 1 fully saturated rings. The first-order valence-corrected chi connectivity index (χ1v) is 4.18. The average molecular weight is 152 g/mol. The fraction of sp³-hybridized carbons (Fsp3) is 0.700. The first-order chi connectivity index (χ1) is 5.02. The van der Waals surface area contributed by atoms with Crippen molar-refractivity contribution in [3.8, 4) is 0 Å². The lowest BCUT2D eigenvalue weighted by molar-refractivity contribution is -0.117. The van der Waals surface area contributed by atoms with Gasteiger partial charge in [-0.05, 0) is 25.2 Å². The Balaban J connectivity index is 2.55. The standard InChI is InChI=1S/C10H16O/c1-8(2)6-10(3)5-4-9(11)7-10/h1,4-7H2,2-3H3. The minimum atomic E-state index is 0.239. The van der Waals surface area contributed by atoms with Crippen LogP contribution in [0.5, 0.6) is 0 Å². The zero-order valence-corrected chi connectivity index (χ0v) is 7.44. The summed E-state index contributed by atoms with van der Waals surface area (Å²) >= 11 is 0. The quantitative estimate of drug-likeness (QED) is 0.556. The van der Waals surface area contributed by atoms with E-state index >= 15 is 0 Å². The zero-order chi connectivity index (χ0) is 8.48. The van der Waals surface area contributed by atoms with Gasteiger partial charge in [0.2, 0.25) is 0 Å². The summed E-state index contributed by atoms with van der Waals surface area (Å²) in [6, 6.07) is 0. The van der Waals surface area contributed by atoms with Crippen molar-refractivity contribution in [1.29, 1.82) is 0 Å². The Labute approximate surface area is 68.5 Å². The van der Waals surface area contributed by atoms with Gasteiger partial charge in [0.05, 0.1) is 0 Å². The Kier molecular flexibility index (Phi) is 2.17. The number of ketones is 1. The molecule has 1 aliphatic rings. The van der Waals surface area contributed by atoms with E-state index in [1.807, 2.05) is 6.92 Å². The molecule has 0 radical (unpaired) electrons. The van der Waals surface area contributed by atoms with E-state index < -0.39 is 0 Å². The largest absolute Gasteiger partial charge is 0.300 e. The van der Waals surface area contributed by atoms with Gasteiger partial charge in [0.15, 0.2) is 0 Å². The predicted molar refractivity (Wildman–Crippen MR) is 46.4 cm³/mol. The first kappa shape index (κ1) is 8.51. The molecule has 62 valence electrons. The minimum Gasteiger partial charge on any atom is -0.300 e. The van der Waals surface area contributed by atoms with Gasteiger partial charge in [-0.2, -0.15) is 0 Å². The van der Waals surface area contributed by atoms with Crippen LogP contribution in [0, 0.1) is 5.41 Å². The molecule has 0 aromatic heterocycles. The molecule has 1 heteroatoms. The lowest BCUT2D eigenvalue weighted by Crippen LogP contribution is -2.11. The number of hydrogen-bond acceptors (Lipinski definition) is 1. The van der Waals surface area contributed by atoms with E-state index in [2.05, 4.69) is 13.5 Å². The summed E-state index contributed by atoms with van der Waals surface area (Å²) < 4.78 is 0. The van der Waals surface area contributed by atoms with E-state index in [4.69, 9.17) is 0 Å². The maximum atomic E-state index is 11.0. The van der Waals surface area contributed by atoms with Gasteiger partial charge in [0.1, 0.15) is 5.78 Å². The van der Waals surface area contributed by atoms with Gasteiger partial charge >= 0.3 is 0 Å². The highest BCUT2D eigenvalue weighted by Gasteiger charge is 2.33. The van der Waals surface area contributed by atoms with E-state index in [-0.39, 0.29) is 5.41 Å². The molecule has 0 spiro atoms. The molecule has 0 saturated heterocycles. The second-order valence-electron chi connectivity index (χ2n) is 4.16. The van der Waals surface area contributed by atoms with E-state index in [1.165, 1.54) is 5.57 Å². The molecule has 0 amide bonds. The Morgan fingerprint density at radius 1 is 1.73 bits per heavy atom. The maximum Gasteiger partial charge on any atom is 0.133 e. The molecular formula is C10H16O. The number of Topliss-reactive ketones (excluding diaryl/α,β-unsaturated/α-hetero) is 1. The Morgan fingerprint density at radius 2 is 2.36 bits per heavy atom. The van der Waals surface area contributed by atoms with Gasteiger partial charge in [0, 0.05) is 12.8 Å². The van der Waals surface area contributed by atoms with Gasteiger partial charge in [-0.3, -0.25) is 4.79 Å². The molecule has 1 saturated carbocycles. The summed E-state index contributed by atoms with van der Waals surface area (Å²) in [5, 5.41) is 0. The number of hydrogen-bond donors (Lipinski definition) is 0. The first-order valence-electron chi connectivity index (χ1n) is 4.18. The second-order valence-corrected chi connectivity index (χ2v) is 4.16. The van der Waals surface area contributed by atoms with Gasteiger partial charge in [-0.15, -0.1) is 6.58 Å². The molecular weight excluding hydrogens is 136 g/mol. The monoisotopic (exact) mass is 152 g/mol. The van der Waals surface area contributed by atoms with Crippen molar-refractivity contribution in [1.82, 2.24) is 0 Å². The fourth-order valence-corrected chi connectivity index (χ4v) is 1.97. The van der Waals surface area contributed by atoms with E-state index in [9.17, 15) is 4.79 Å². The Bertz CT molecular complexity index is 193. The lowest BCUT2D eigenvalue weighted by atomic mass is 9.83. The molecule has 1 unspecified atom stereocenters. The van der Waals surface area contributed by atoms with Crippen LogP contribution in [0.3, 0.4) is 0 Å². The molecule has 0 heterocycles. The third kappa shape index (κ3) is 2.18. The third-order valence-corrected chi connectivity index (χ3v) is 2.36. The number of allylic oxidation sites excluding steroid dienone is 1. The normalized spacial score (nSPS) is 30.9. The summed E-state index contributed by atoms with van der Waals surface area (Å²) in [6.07, 6.45) is 3.61. The minimum absolute atomic E-state index is 0.239. The summed E-state index contributed by atoms with van der Waals surface area (Å²) in [5.74, 6) is 0.425. The van der Waals surface area contributed by atoms with Crippen LogP contribution in [0.1, 0.15) is 39.5 Å². The van der Waals surface area contributed by atoms with Crippen molar-refractivity contribution >= 4 is 5.78 Å². The molecule has 1 nitrogen and oxygen atoms in total. The molecule has 1 atom stereocenters. The molecule has 11 heavy (non-hydrogen) atoms. The lowest BCUT2D eigenvalue weighted by Gasteiger charge is -2.21. The maximum absolute atomic E-state index is 11.0. The van der Waals surface area contributed by atoms with Crippen LogP contribution in [0.4, 0.5) is 0 Å². The summed E-state index contributed by atoms with van der Waals surface area (Å²) in [7, 11) is 0. The van der Waals surface area contributed by atoms with E-state index in [1.54, 1.807) is 0 Å². The second kappa shape index (κ2) is 2.80. The fourth-order valence-electron chi connectivity index (χ4n) is 1.97. The number of rotatable bonds is 2. The van der Waals surface area contributed by atoms with Crippen LogP contribution in [-0.2, 0) is 4.79 Å². The Hall–Kier alpha value is -0.590. The smallest absolute Gasteiger partial charge is 0.133 e. The topological polar surface area (TPSA) is 17.1 Å². The van der Waals surface area contributed by atoms with Crippen LogP contribution in [0.2, 0.25) is 0 Å². The molecule has 1 aliphatic carbocycles. The molecule has 0 aromatic carbocycles. The SMILES string of the molecule is C=C(C)CC1(C)CCC(=O)C1. The summed E-state index contributed by atoms with van der Waals surface area (Å²) in [5.41, 5.74) is 1.44. The van der Waals surface area contributed by atoms with Crippen LogP contribution < -0.4 is 0 Å². The zero-order valence-electron chi connectivity index (χ0n) is 7.44. The van der Waals surface area contributed by atoms with Crippen LogP contribution in [0.25, 0.3) is 0 Å². The summed E-state index contributed by atoms with van der Waals surface area (Å²) in [6.45, 7) is 8.10. The van der Waals surface area contributed by atoms with Gasteiger partial charge in [0.25, 0.3) is 0 Å². The van der Waals surface area contributed by atoms with Crippen molar-refractivity contribution in [2.75, 3.05) is 0 Å². The number of carbonyl (C=O) groups excluding carboxylic acids is 1. The van der Waals surface area contributed by atoms with Crippen molar-refractivity contribution < 1.29 is 4.79 Å². The van der Waals surface area contributed by atoms with Crippen molar-refractivity contribution in [3.63, 3.8) is 0 Å². The van der Waals surface area contributed by atoms with E-state index in [0.29, 0.717) is 5.78 Å². The van der Waals surface area contributed by atoms with E-state index in [0.717, 1.165) is 25.7 Å². The molecule has 0 aromatic rings. The predicted octanol–water partition coefficient (Wildman–Crippen LogP) is 2.71. The highest BCUT2D eigenvalue weighted by Crippen LogP contribution is 2.40. The van der Waals surface area contributed by atoms with Crippen LogP contribution >= 0.6 is 0 Å². The van der Waals surface area contributed by atoms with Crippen LogP contribution in [0.15, 0.2) is 12.2 Å². The van der Waals surface area contributed by atoms with Crippen molar-refractivity contribution in [3.05, 3.63) is 12.2 Å². The third-order valence-electron chi connectivity index (χ3n) is 2.36. The van der Waals surface area contributed by atoms with Gasteiger partial charge < -0.3 is 0 Å². The molecule has 0 aliphatic heterocycles. The highest BCUT2D eigenvalue weighted by molar-refractivity contribution is 5.81. The highest BCUT2D eigenvalue weighted by atomic mass is 16.1. The van der Waals surface area contributed by atoms with Gasteiger partial charge in [-0.1, -0.05) is 12.5 Å².